The van der Waals surface area contributed by atoms with Crippen LogP contribution in [-0.4, -0.2) is 35.4 Å². The molecule has 1 saturated heterocycles. The van der Waals surface area contributed by atoms with Gasteiger partial charge in [-0.05, 0) is 43.0 Å². The van der Waals surface area contributed by atoms with Crippen LogP contribution in [0.5, 0.6) is 0 Å². The van der Waals surface area contributed by atoms with Crippen LogP contribution in [0.2, 0.25) is 0 Å². The highest BCUT2D eigenvalue weighted by atomic mass is 16.6. The molecule has 0 unspecified atom stereocenters. The van der Waals surface area contributed by atoms with Crippen molar-refractivity contribution in [3.05, 3.63) is 65.2 Å². The standard InChI is InChI=1S/C25H31N3O4/c1-5-26-24(30)22-23(19-7-6-8-20(14-19)27-21(29)13-16(2)3)32-25(31)28(22)15-18-11-9-17(4)10-12-18/h6-12,14,16,22-23H,5,13,15H2,1-4H3,(H,26,30)(H,27,29)/t22-,23+/m1/s1. The van der Waals surface area contributed by atoms with Gasteiger partial charge >= 0.3 is 6.09 Å². The largest absolute Gasteiger partial charge is 0.438 e. The average molecular weight is 438 g/mol. The van der Waals surface area contributed by atoms with Gasteiger partial charge in [-0.1, -0.05) is 55.8 Å². The third-order valence-electron chi connectivity index (χ3n) is 5.27. The van der Waals surface area contributed by atoms with E-state index < -0.39 is 18.2 Å². The van der Waals surface area contributed by atoms with Crippen molar-refractivity contribution in [3.8, 4) is 0 Å². The number of aryl methyl sites for hydroxylation is 1. The van der Waals surface area contributed by atoms with Gasteiger partial charge in [0.1, 0.15) is 0 Å². The molecule has 0 aromatic heterocycles. The highest BCUT2D eigenvalue weighted by molar-refractivity contribution is 5.91. The SMILES string of the molecule is CCNC(=O)[C@H]1[C@H](c2cccc(NC(=O)CC(C)C)c2)OC(=O)N1Cc1ccc(C)cc1. The predicted octanol–water partition coefficient (Wildman–Crippen LogP) is 4.18. The summed E-state index contributed by atoms with van der Waals surface area (Å²) in [6.45, 7) is 8.50. The third-order valence-corrected chi connectivity index (χ3v) is 5.27. The molecule has 7 heteroatoms. The van der Waals surface area contributed by atoms with Gasteiger partial charge in [-0.15, -0.1) is 0 Å². The van der Waals surface area contributed by atoms with E-state index in [4.69, 9.17) is 4.74 Å². The summed E-state index contributed by atoms with van der Waals surface area (Å²) in [5, 5.41) is 5.70. The van der Waals surface area contributed by atoms with Gasteiger partial charge in [0.25, 0.3) is 0 Å². The van der Waals surface area contributed by atoms with Crippen molar-refractivity contribution in [1.82, 2.24) is 10.2 Å². The first kappa shape index (κ1) is 23.3. The molecule has 0 bridgehead atoms. The molecule has 1 heterocycles. The van der Waals surface area contributed by atoms with Crippen LogP contribution >= 0.6 is 0 Å². The van der Waals surface area contributed by atoms with Crippen molar-refractivity contribution in [2.24, 2.45) is 5.92 Å². The summed E-state index contributed by atoms with van der Waals surface area (Å²) < 4.78 is 5.67. The Kier molecular flexibility index (Phi) is 7.51. The van der Waals surface area contributed by atoms with E-state index in [9.17, 15) is 14.4 Å². The molecule has 2 N–H and O–H groups in total. The number of anilines is 1. The lowest BCUT2D eigenvalue weighted by Crippen LogP contribution is -2.46. The number of rotatable bonds is 8. The minimum atomic E-state index is -0.814. The Hall–Kier alpha value is -3.35. The number of amides is 3. The second-order valence-electron chi connectivity index (χ2n) is 8.53. The van der Waals surface area contributed by atoms with E-state index in [2.05, 4.69) is 10.6 Å². The Bertz CT molecular complexity index is 971. The molecular formula is C25H31N3O4. The maximum atomic E-state index is 13.0. The number of benzene rings is 2. The third kappa shape index (κ3) is 5.66. The van der Waals surface area contributed by atoms with Gasteiger partial charge in [0, 0.05) is 18.7 Å². The lowest BCUT2D eigenvalue weighted by atomic mass is 10.00. The highest BCUT2D eigenvalue weighted by Gasteiger charge is 2.46. The predicted molar refractivity (Wildman–Crippen MR) is 123 cm³/mol. The average Bonchev–Trinajstić information content (AvgIpc) is 3.05. The summed E-state index contributed by atoms with van der Waals surface area (Å²) >= 11 is 0. The molecule has 32 heavy (non-hydrogen) atoms. The van der Waals surface area contributed by atoms with Crippen LogP contribution in [0.3, 0.4) is 0 Å². The normalized spacial score (nSPS) is 17.9. The number of cyclic esters (lactones) is 1. The van der Waals surface area contributed by atoms with Gasteiger partial charge in [0.2, 0.25) is 11.8 Å². The van der Waals surface area contributed by atoms with Gasteiger partial charge in [0.15, 0.2) is 12.1 Å². The van der Waals surface area contributed by atoms with Gasteiger partial charge < -0.3 is 15.4 Å². The maximum absolute atomic E-state index is 13.0. The van der Waals surface area contributed by atoms with Crippen molar-refractivity contribution >= 4 is 23.6 Å². The van der Waals surface area contributed by atoms with E-state index in [1.165, 1.54) is 4.90 Å². The summed E-state index contributed by atoms with van der Waals surface area (Å²) in [7, 11) is 0. The summed E-state index contributed by atoms with van der Waals surface area (Å²) in [6.07, 6.45) is -0.906. The topological polar surface area (TPSA) is 87.7 Å². The molecule has 3 rings (SSSR count). The van der Waals surface area contributed by atoms with Gasteiger partial charge in [0.05, 0.1) is 6.54 Å². The quantitative estimate of drug-likeness (QED) is 0.649. The van der Waals surface area contributed by atoms with Crippen LogP contribution in [-0.2, 0) is 20.9 Å². The second kappa shape index (κ2) is 10.3. The fourth-order valence-electron chi connectivity index (χ4n) is 3.76. The smallest absolute Gasteiger partial charge is 0.411 e. The van der Waals surface area contributed by atoms with Crippen LogP contribution in [0.1, 0.15) is 50.0 Å². The molecule has 1 fully saturated rings. The Labute approximate surface area is 189 Å². The Morgan fingerprint density at radius 2 is 1.84 bits per heavy atom. The van der Waals surface area contributed by atoms with E-state index in [-0.39, 0.29) is 24.3 Å². The lowest BCUT2D eigenvalue weighted by molar-refractivity contribution is -0.126. The molecule has 0 radical (unpaired) electrons. The van der Waals surface area contributed by atoms with Gasteiger partial charge in [-0.3, -0.25) is 14.5 Å². The molecule has 2 aromatic carbocycles. The van der Waals surface area contributed by atoms with Crippen molar-refractivity contribution in [1.29, 1.82) is 0 Å². The zero-order valence-electron chi connectivity index (χ0n) is 19.1. The van der Waals surface area contributed by atoms with Crippen molar-refractivity contribution in [2.75, 3.05) is 11.9 Å². The van der Waals surface area contributed by atoms with Crippen molar-refractivity contribution in [2.45, 2.75) is 52.8 Å². The van der Waals surface area contributed by atoms with Crippen molar-refractivity contribution < 1.29 is 19.1 Å². The monoisotopic (exact) mass is 437 g/mol. The summed E-state index contributed by atoms with van der Waals surface area (Å²) in [4.78, 5) is 39.4. The summed E-state index contributed by atoms with van der Waals surface area (Å²) in [5.41, 5.74) is 3.30. The molecule has 0 spiro atoms. The zero-order valence-corrected chi connectivity index (χ0v) is 19.1. The van der Waals surface area contributed by atoms with E-state index in [0.29, 0.717) is 24.2 Å². The molecule has 0 saturated carbocycles. The Balaban J connectivity index is 1.86. The molecule has 2 aromatic rings. The number of hydrogen-bond acceptors (Lipinski definition) is 4. The van der Waals surface area contributed by atoms with E-state index >= 15 is 0 Å². The number of carbonyl (C=O) groups excluding carboxylic acids is 3. The van der Waals surface area contributed by atoms with E-state index in [0.717, 1.165) is 11.1 Å². The Morgan fingerprint density at radius 1 is 1.12 bits per heavy atom. The molecule has 2 atom stereocenters. The maximum Gasteiger partial charge on any atom is 0.411 e. The van der Waals surface area contributed by atoms with E-state index in [1.54, 1.807) is 24.3 Å². The van der Waals surface area contributed by atoms with Crippen LogP contribution in [0.4, 0.5) is 10.5 Å². The number of likely N-dealkylation sites (N-methyl/N-ethyl adjacent to an activating group) is 1. The van der Waals surface area contributed by atoms with E-state index in [1.807, 2.05) is 52.0 Å². The molecule has 1 aliphatic rings. The van der Waals surface area contributed by atoms with Crippen LogP contribution in [0, 0.1) is 12.8 Å². The minimum Gasteiger partial charge on any atom is -0.438 e. The molecule has 3 amide bonds. The highest BCUT2D eigenvalue weighted by Crippen LogP contribution is 2.35. The first-order chi connectivity index (χ1) is 15.3. The van der Waals surface area contributed by atoms with Gasteiger partial charge in [-0.2, -0.15) is 0 Å². The fraction of sp³-hybridized carbons (Fsp3) is 0.400. The summed E-state index contributed by atoms with van der Waals surface area (Å²) in [5.74, 6) is -0.113. The second-order valence-corrected chi connectivity index (χ2v) is 8.53. The van der Waals surface area contributed by atoms with Crippen LogP contribution in [0.25, 0.3) is 0 Å². The number of hydrogen-bond donors (Lipinski definition) is 2. The first-order valence-corrected chi connectivity index (χ1v) is 11.0. The zero-order chi connectivity index (χ0) is 23.3. The number of nitrogens with one attached hydrogen (secondary N) is 2. The number of carbonyl (C=O) groups is 3. The number of ether oxygens (including phenoxy) is 1. The Morgan fingerprint density at radius 3 is 2.50 bits per heavy atom. The number of nitrogens with zero attached hydrogens (tertiary/aromatic N) is 1. The summed E-state index contributed by atoms with van der Waals surface area (Å²) in [6, 6.07) is 14.1. The first-order valence-electron chi connectivity index (χ1n) is 11.0. The fourth-order valence-corrected chi connectivity index (χ4v) is 3.76. The molecule has 7 nitrogen and oxygen atoms in total. The molecular weight excluding hydrogens is 406 g/mol. The lowest BCUT2D eigenvalue weighted by Gasteiger charge is -2.24. The van der Waals surface area contributed by atoms with Crippen LogP contribution in [0.15, 0.2) is 48.5 Å². The van der Waals surface area contributed by atoms with Crippen molar-refractivity contribution in [3.63, 3.8) is 0 Å². The van der Waals surface area contributed by atoms with Gasteiger partial charge in [-0.25, -0.2) is 4.79 Å². The molecule has 0 aliphatic carbocycles. The molecule has 170 valence electrons. The minimum absolute atomic E-state index is 0.0816. The van der Waals surface area contributed by atoms with Crippen LogP contribution < -0.4 is 10.6 Å². The molecule has 1 aliphatic heterocycles.